The van der Waals surface area contributed by atoms with Crippen LogP contribution < -0.4 is 5.32 Å². The second kappa shape index (κ2) is 13.9. The van der Waals surface area contributed by atoms with Gasteiger partial charge in [0.1, 0.15) is 0 Å². The van der Waals surface area contributed by atoms with Crippen LogP contribution in [0.1, 0.15) is 19.8 Å². The lowest BCUT2D eigenvalue weighted by molar-refractivity contribution is 0.0216. The molecule has 0 rings (SSSR count). The highest BCUT2D eigenvalue weighted by Crippen LogP contribution is 1.93. The zero-order valence-corrected chi connectivity index (χ0v) is 11.1. The molecule has 0 saturated heterocycles. The number of aliphatic hydroxyl groups is 1. The Hall–Kier alpha value is -0.200. The molecule has 2 N–H and O–H groups in total. The van der Waals surface area contributed by atoms with E-state index in [1.165, 1.54) is 0 Å². The van der Waals surface area contributed by atoms with Crippen LogP contribution in [0.25, 0.3) is 0 Å². The van der Waals surface area contributed by atoms with E-state index in [9.17, 15) is 0 Å². The molecule has 0 aromatic rings. The Kier molecular flexibility index (Phi) is 13.7. The Morgan fingerprint density at radius 1 is 1.06 bits per heavy atom. The van der Waals surface area contributed by atoms with E-state index in [2.05, 4.69) is 12.2 Å². The average molecular weight is 249 g/mol. The van der Waals surface area contributed by atoms with Gasteiger partial charge in [-0.2, -0.15) is 0 Å². The quantitative estimate of drug-likeness (QED) is 0.463. The molecule has 0 aliphatic rings. The van der Waals surface area contributed by atoms with Crippen LogP contribution in [0.5, 0.6) is 0 Å². The van der Waals surface area contributed by atoms with Crippen LogP contribution in [0.2, 0.25) is 0 Å². The van der Waals surface area contributed by atoms with Gasteiger partial charge in [-0.15, -0.1) is 0 Å². The number of rotatable bonds is 13. The summed E-state index contributed by atoms with van der Waals surface area (Å²) in [5.41, 5.74) is 0. The van der Waals surface area contributed by atoms with Crippen LogP contribution in [0, 0.1) is 0 Å². The lowest BCUT2D eigenvalue weighted by Gasteiger charge is -2.15. The summed E-state index contributed by atoms with van der Waals surface area (Å²) in [6.07, 6.45) is 1.90. The van der Waals surface area contributed by atoms with Gasteiger partial charge in [0.05, 0.1) is 33.0 Å². The van der Waals surface area contributed by atoms with Crippen LogP contribution in [0.15, 0.2) is 0 Å². The summed E-state index contributed by atoms with van der Waals surface area (Å²) in [6.45, 7) is 6.26. The molecule has 17 heavy (non-hydrogen) atoms. The maximum Gasteiger partial charge on any atom is 0.0701 e. The number of aliphatic hydroxyl groups excluding tert-OH is 1. The van der Waals surface area contributed by atoms with Gasteiger partial charge < -0.3 is 24.6 Å². The van der Waals surface area contributed by atoms with Gasteiger partial charge >= 0.3 is 0 Å². The molecule has 0 aromatic carbocycles. The van der Waals surface area contributed by atoms with Gasteiger partial charge in [-0.1, -0.05) is 6.92 Å². The average Bonchev–Trinajstić information content (AvgIpc) is 2.36. The minimum absolute atomic E-state index is 0.143. The van der Waals surface area contributed by atoms with Crippen molar-refractivity contribution < 1.29 is 19.3 Å². The summed E-state index contributed by atoms with van der Waals surface area (Å²) in [5, 5.41) is 12.4. The van der Waals surface area contributed by atoms with Crippen molar-refractivity contribution in [2.45, 2.75) is 25.8 Å². The van der Waals surface area contributed by atoms with Crippen LogP contribution in [0.4, 0.5) is 0 Å². The van der Waals surface area contributed by atoms with E-state index < -0.39 is 0 Å². The molecule has 1 unspecified atom stereocenters. The predicted octanol–water partition coefficient (Wildman–Crippen LogP) is 0.417. The largest absolute Gasteiger partial charge is 0.395 e. The summed E-state index contributed by atoms with van der Waals surface area (Å²) >= 11 is 0. The van der Waals surface area contributed by atoms with Crippen molar-refractivity contribution in [3.8, 4) is 0 Å². The number of hydrogen-bond donors (Lipinski definition) is 2. The van der Waals surface area contributed by atoms with Crippen molar-refractivity contribution >= 4 is 0 Å². The lowest BCUT2D eigenvalue weighted by Crippen LogP contribution is -2.34. The summed E-state index contributed by atoms with van der Waals surface area (Å²) in [4.78, 5) is 0. The van der Waals surface area contributed by atoms with Gasteiger partial charge in [-0.05, 0) is 19.4 Å². The zero-order chi connectivity index (χ0) is 12.8. The van der Waals surface area contributed by atoms with Gasteiger partial charge in [0.2, 0.25) is 0 Å². The Balaban J connectivity index is 3.19. The van der Waals surface area contributed by atoms with E-state index in [-0.39, 0.29) is 12.6 Å². The first-order valence-corrected chi connectivity index (χ1v) is 6.33. The Bertz CT molecular complexity index is 146. The fourth-order valence-electron chi connectivity index (χ4n) is 1.30. The molecule has 5 nitrogen and oxygen atoms in total. The summed E-state index contributed by atoms with van der Waals surface area (Å²) < 4.78 is 15.5. The number of hydrogen-bond acceptors (Lipinski definition) is 5. The van der Waals surface area contributed by atoms with E-state index in [1.807, 2.05) is 0 Å². The number of ether oxygens (including phenoxy) is 3. The third-order valence-electron chi connectivity index (χ3n) is 2.32. The van der Waals surface area contributed by atoms with E-state index in [0.29, 0.717) is 33.0 Å². The smallest absolute Gasteiger partial charge is 0.0701 e. The highest BCUT2D eigenvalue weighted by Gasteiger charge is 2.04. The molecule has 5 heteroatoms. The van der Waals surface area contributed by atoms with Crippen molar-refractivity contribution in [3.63, 3.8) is 0 Å². The topological polar surface area (TPSA) is 60.0 Å². The zero-order valence-electron chi connectivity index (χ0n) is 11.1. The molecule has 0 fully saturated rings. The number of nitrogens with one attached hydrogen (secondary N) is 1. The molecule has 0 bridgehead atoms. The van der Waals surface area contributed by atoms with Gasteiger partial charge in [0.15, 0.2) is 0 Å². The normalized spacial score (nSPS) is 12.9. The van der Waals surface area contributed by atoms with E-state index in [1.54, 1.807) is 7.11 Å². The van der Waals surface area contributed by atoms with Crippen molar-refractivity contribution in [1.82, 2.24) is 5.32 Å². The molecule has 0 radical (unpaired) electrons. The van der Waals surface area contributed by atoms with E-state index >= 15 is 0 Å². The lowest BCUT2D eigenvalue weighted by atomic mass is 10.2. The minimum atomic E-state index is 0.143. The fourth-order valence-corrected chi connectivity index (χ4v) is 1.30. The standard InChI is InChI=1S/C12H27NO4/c1-3-5-13-12(11-14)4-6-16-9-10-17-8-7-15-2/h12-14H,3-11H2,1-2H3. The predicted molar refractivity (Wildman–Crippen MR) is 67.3 cm³/mol. The first-order chi connectivity index (χ1) is 8.35. The molecule has 0 spiro atoms. The molecular formula is C12H27NO4. The van der Waals surface area contributed by atoms with Crippen LogP contribution in [0.3, 0.4) is 0 Å². The first-order valence-electron chi connectivity index (χ1n) is 6.33. The second-order valence-electron chi connectivity index (χ2n) is 3.84. The highest BCUT2D eigenvalue weighted by atomic mass is 16.5. The molecule has 0 aliphatic carbocycles. The van der Waals surface area contributed by atoms with Gasteiger partial charge in [0, 0.05) is 19.8 Å². The van der Waals surface area contributed by atoms with Crippen molar-refractivity contribution in [2.24, 2.45) is 0 Å². The summed E-state index contributed by atoms with van der Waals surface area (Å²) in [5.74, 6) is 0. The second-order valence-corrected chi connectivity index (χ2v) is 3.84. The van der Waals surface area contributed by atoms with Crippen molar-refractivity contribution in [1.29, 1.82) is 0 Å². The maximum absolute atomic E-state index is 9.10. The van der Waals surface area contributed by atoms with Crippen molar-refractivity contribution in [3.05, 3.63) is 0 Å². The van der Waals surface area contributed by atoms with Crippen LogP contribution in [-0.2, 0) is 14.2 Å². The van der Waals surface area contributed by atoms with Gasteiger partial charge in [-0.3, -0.25) is 0 Å². The Morgan fingerprint density at radius 2 is 1.71 bits per heavy atom. The van der Waals surface area contributed by atoms with Gasteiger partial charge in [-0.25, -0.2) is 0 Å². The molecule has 0 aliphatic heterocycles. The highest BCUT2D eigenvalue weighted by molar-refractivity contribution is 4.64. The fraction of sp³-hybridized carbons (Fsp3) is 1.00. The summed E-state index contributed by atoms with van der Waals surface area (Å²) in [7, 11) is 1.65. The molecular weight excluding hydrogens is 222 g/mol. The number of methoxy groups -OCH3 is 1. The SMILES string of the molecule is CCCNC(CO)CCOCCOCCOC. The molecule has 104 valence electrons. The molecule has 0 amide bonds. The minimum Gasteiger partial charge on any atom is -0.395 e. The molecule has 1 atom stereocenters. The maximum atomic E-state index is 9.10. The van der Waals surface area contributed by atoms with Gasteiger partial charge in [0.25, 0.3) is 0 Å². The first kappa shape index (κ1) is 16.8. The van der Waals surface area contributed by atoms with Crippen LogP contribution >= 0.6 is 0 Å². The van der Waals surface area contributed by atoms with Crippen LogP contribution in [-0.4, -0.2) is 64.4 Å². The Morgan fingerprint density at radius 3 is 2.29 bits per heavy atom. The Labute approximate surface area is 104 Å². The van der Waals surface area contributed by atoms with E-state index in [4.69, 9.17) is 19.3 Å². The molecule has 0 heterocycles. The van der Waals surface area contributed by atoms with Crippen molar-refractivity contribution in [2.75, 3.05) is 53.3 Å². The molecule has 0 saturated carbocycles. The third-order valence-corrected chi connectivity index (χ3v) is 2.32. The van der Waals surface area contributed by atoms with E-state index in [0.717, 1.165) is 19.4 Å². The molecule has 0 aromatic heterocycles. The monoisotopic (exact) mass is 249 g/mol. The summed E-state index contributed by atoms with van der Waals surface area (Å²) in [6, 6.07) is 0.143. The third kappa shape index (κ3) is 12.1.